The summed E-state index contributed by atoms with van der Waals surface area (Å²) in [6.07, 6.45) is -2.57. The van der Waals surface area contributed by atoms with E-state index < -0.39 is 12.4 Å². The van der Waals surface area contributed by atoms with E-state index in [0.29, 0.717) is 0 Å². The number of carbonyl (C=O) groups is 1. The molecule has 0 aliphatic heterocycles. The van der Waals surface area contributed by atoms with Crippen molar-refractivity contribution in [1.82, 2.24) is 0 Å². The molecule has 1 rings (SSSR count). The molecule has 0 saturated carbocycles. The molecule has 0 saturated heterocycles. The first-order valence-electron chi connectivity index (χ1n) is 3.61. The Kier molecular flexibility index (Phi) is 2.95. The second-order valence-corrected chi connectivity index (χ2v) is 2.42. The molecule has 4 heteroatoms. The quantitative estimate of drug-likeness (QED) is 0.663. The van der Waals surface area contributed by atoms with Crippen LogP contribution in [0.15, 0.2) is 24.3 Å². The van der Waals surface area contributed by atoms with Crippen molar-refractivity contribution in [3.05, 3.63) is 35.4 Å². The van der Waals surface area contributed by atoms with Gasteiger partial charge in [-0.1, -0.05) is 12.1 Å². The summed E-state index contributed by atoms with van der Waals surface area (Å²) in [6.45, 7) is 0. The maximum absolute atomic E-state index is 12.2. The predicted octanol–water partition coefficient (Wildman–Crippen LogP) is 2.41. The maximum atomic E-state index is 12.2. The summed E-state index contributed by atoms with van der Waals surface area (Å²) in [6, 6.07) is 5.21. The molecule has 70 valence electrons. The van der Waals surface area contributed by atoms with Crippen LogP contribution < -0.4 is 0 Å². The van der Waals surface area contributed by atoms with Crippen LogP contribution in [0.1, 0.15) is 22.3 Å². The molecule has 0 aliphatic carbocycles. The van der Waals surface area contributed by atoms with Crippen LogP contribution in [0.5, 0.6) is 0 Å². The standard InChI is InChI=1S/C9H8F2O2/c1-13-9(12)7-4-2-3-6(5-7)8(10)11/h2-5,8H,1H3. The number of alkyl halides is 2. The molecule has 0 heterocycles. The van der Waals surface area contributed by atoms with Crippen LogP contribution >= 0.6 is 0 Å². The molecular formula is C9H8F2O2. The van der Waals surface area contributed by atoms with E-state index in [1.165, 1.54) is 25.3 Å². The van der Waals surface area contributed by atoms with Crippen molar-refractivity contribution in [3.63, 3.8) is 0 Å². The van der Waals surface area contributed by atoms with Gasteiger partial charge in [-0.15, -0.1) is 0 Å². The molecule has 1 aromatic carbocycles. The molecule has 0 aromatic heterocycles. The fourth-order valence-electron chi connectivity index (χ4n) is 0.919. The largest absolute Gasteiger partial charge is 0.465 e. The maximum Gasteiger partial charge on any atom is 0.337 e. The van der Waals surface area contributed by atoms with E-state index in [1.807, 2.05) is 0 Å². The Morgan fingerprint density at radius 2 is 2.15 bits per heavy atom. The van der Waals surface area contributed by atoms with E-state index in [2.05, 4.69) is 4.74 Å². The lowest BCUT2D eigenvalue weighted by atomic mass is 10.1. The zero-order valence-corrected chi connectivity index (χ0v) is 6.96. The van der Waals surface area contributed by atoms with Crippen LogP contribution in [0.3, 0.4) is 0 Å². The highest BCUT2D eigenvalue weighted by Crippen LogP contribution is 2.19. The van der Waals surface area contributed by atoms with Gasteiger partial charge in [-0.25, -0.2) is 13.6 Å². The number of methoxy groups -OCH3 is 1. The van der Waals surface area contributed by atoms with E-state index in [1.54, 1.807) is 0 Å². The molecule has 0 radical (unpaired) electrons. The Morgan fingerprint density at radius 1 is 1.46 bits per heavy atom. The molecule has 0 fully saturated rings. The Morgan fingerprint density at radius 3 is 2.69 bits per heavy atom. The van der Waals surface area contributed by atoms with Gasteiger partial charge in [-0.05, 0) is 12.1 Å². The third kappa shape index (κ3) is 2.24. The number of rotatable bonds is 2. The minimum atomic E-state index is -2.57. The predicted molar refractivity (Wildman–Crippen MR) is 42.7 cm³/mol. The zero-order valence-electron chi connectivity index (χ0n) is 6.96. The Balaban J connectivity index is 2.98. The van der Waals surface area contributed by atoms with Crippen LogP contribution in [0.4, 0.5) is 8.78 Å². The lowest BCUT2D eigenvalue weighted by Crippen LogP contribution is -2.01. The van der Waals surface area contributed by atoms with Gasteiger partial charge in [0.05, 0.1) is 12.7 Å². The van der Waals surface area contributed by atoms with Crippen molar-refractivity contribution >= 4 is 5.97 Å². The van der Waals surface area contributed by atoms with Gasteiger partial charge >= 0.3 is 5.97 Å². The molecule has 1 aromatic rings. The molecule has 0 unspecified atom stereocenters. The van der Waals surface area contributed by atoms with Crippen molar-refractivity contribution in [1.29, 1.82) is 0 Å². The van der Waals surface area contributed by atoms with Crippen molar-refractivity contribution in [3.8, 4) is 0 Å². The van der Waals surface area contributed by atoms with E-state index in [4.69, 9.17) is 0 Å². The number of carbonyl (C=O) groups excluding carboxylic acids is 1. The molecule has 0 bridgehead atoms. The summed E-state index contributed by atoms with van der Waals surface area (Å²) >= 11 is 0. The van der Waals surface area contributed by atoms with Crippen LogP contribution in [-0.4, -0.2) is 13.1 Å². The summed E-state index contributed by atoms with van der Waals surface area (Å²) in [7, 11) is 1.21. The SMILES string of the molecule is COC(=O)c1cccc(C(F)F)c1. The smallest absolute Gasteiger partial charge is 0.337 e. The Labute approximate surface area is 74.1 Å². The van der Waals surface area contributed by atoms with Gasteiger partial charge in [-0.3, -0.25) is 0 Å². The number of halogens is 2. The van der Waals surface area contributed by atoms with Gasteiger partial charge in [0, 0.05) is 5.56 Å². The average Bonchev–Trinajstić information content (AvgIpc) is 2.17. The number of hydrogen-bond donors (Lipinski definition) is 0. The van der Waals surface area contributed by atoms with E-state index in [-0.39, 0.29) is 11.1 Å². The summed E-state index contributed by atoms with van der Waals surface area (Å²) < 4.78 is 28.7. The molecule has 0 atom stereocenters. The van der Waals surface area contributed by atoms with Crippen molar-refractivity contribution < 1.29 is 18.3 Å². The Hall–Kier alpha value is -1.45. The lowest BCUT2D eigenvalue weighted by molar-refractivity contribution is 0.0600. The molecule has 0 amide bonds. The molecule has 0 spiro atoms. The minimum absolute atomic E-state index is 0.139. The first-order chi connectivity index (χ1) is 6.15. The Bertz CT molecular complexity index is 310. The minimum Gasteiger partial charge on any atom is -0.465 e. The summed E-state index contributed by atoms with van der Waals surface area (Å²) in [5.41, 5.74) is -0.0387. The lowest BCUT2D eigenvalue weighted by Gasteiger charge is -2.02. The second kappa shape index (κ2) is 3.98. The summed E-state index contributed by atoms with van der Waals surface area (Å²) in [5.74, 6) is -0.609. The highest BCUT2D eigenvalue weighted by molar-refractivity contribution is 5.89. The molecular weight excluding hydrogens is 178 g/mol. The van der Waals surface area contributed by atoms with E-state index in [0.717, 1.165) is 6.07 Å². The number of esters is 1. The van der Waals surface area contributed by atoms with Crippen molar-refractivity contribution in [2.24, 2.45) is 0 Å². The van der Waals surface area contributed by atoms with Gasteiger partial charge < -0.3 is 4.74 Å². The van der Waals surface area contributed by atoms with Crippen LogP contribution in [0.25, 0.3) is 0 Å². The first-order valence-corrected chi connectivity index (χ1v) is 3.61. The molecule has 13 heavy (non-hydrogen) atoms. The highest BCUT2D eigenvalue weighted by atomic mass is 19.3. The number of hydrogen-bond acceptors (Lipinski definition) is 2. The normalized spacial score (nSPS) is 10.2. The fourth-order valence-corrected chi connectivity index (χ4v) is 0.919. The second-order valence-electron chi connectivity index (χ2n) is 2.42. The van der Waals surface area contributed by atoms with Crippen LogP contribution in [0, 0.1) is 0 Å². The van der Waals surface area contributed by atoms with Gasteiger partial charge in [0.1, 0.15) is 0 Å². The average molecular weight is 186 g/mol. The number of benzene rings is 1. The topological polar surface area (TPSA) is 26.3 Å². The van der Waals surface area contributed by atoms with E-state index >= 15 is 0 Å². The number of ether oxygens (including phenoxy) is 1. The zero-order chi connectivity index (χ0) is 9.84. The van der Waals surface area contributed by atoms with Gasteiger partial charge in [0.15, 0.2) is 0 Å². The third-order valence-corrected chi connectivity index (χ3v) is 1.56. The van der Waals surface area contributed by atoms with Gasteiger partial charge in [-0.2, -0.15) is 0 Å². The van der Waals surface area contributed by atoms with Crippen molar-refractivity contribution in [2.45, 2.75) is 6.43 Å². The van der Waals surface area contributed by atoms with Gasteiger partial charge in [0.2, 0.25) is 0 Å². The monoisotopic (exact) mass is 186 g/mol. The van der Waals surface area contributed by atoms with Gasteiger partial charge in [0.25, 0.3) is 6.43 Å². The van der Waals surface area contributed by atoms with E-state index in [9.17, 15) is 13.6 Å². The van der Waals surface area contributed by atoms with Crippen LogP contribution in [0.2, 0.25) is 0 Å². The van der Waals surface area contributed by atoms with Crippen LogP contribution in [-0.2, 0) is 4.74 Å². The summed E-state index contributed by atoms with van der Waals surface area (Å²) in [4.78, 5) is 10.9. The van der Waals surface area contributed by atoms with Crippen molar-refractivity contribution in [2.75, 3.05) is 7.11 Å². The molecule has 2 nitrogen and oxygen atoms in total. The fraction of sp³-hybridized carbons (Fsp3) is 0.222. The highest BCUT2D eigenvalue weighted by Gasteiger charge is 2.10. The molecule has 0 aliphatic rings. The summed E-state index contributed by atoms with van der Waals surface area (Å²) in [5, 5.41) is 0. The third-order valence-electron chi connectivity index (χ3n) is 1.56. The molecule has 0 N–H and O–H groups in total. The first kappa shape index (κ1) is 9.64.